The van der Waals surface area contributed by atoms with Crippen molar-refractivity contribution in [2.45, 2.75) is 19.5 Å². The summed E-state index contributed by atoms with van der Waals surface area (Å²) in [5.74, 6) is -1.58. The molecule has 0 saturated heterocycles. The molecule has 0 aliphatic heterocycles. The molecule has 0 bridgehead atoms. The van der Waals surface area contributed by atoms with Gasteiger partial charge in [0, 0.05) is 29.5 Å². The summed E-state index contributed by atoms with van der Waals surface area (Å²) in [6.45, 7) is 2.32. The van der Waals surface area contributed by atoms with Crippen molar-refractivity contribution in [1.29, 1.82) is 5.26 Å². The molecule has 226 valence electrons. The minimum Gasteiger partial charge on any atom is -0.478 e. The number of aromatic nitrogens is 1. The molecule has 7 nitrogen and oxygen atoms in total. The molecule has 6 aromatic rings. The van der Waals surface area contributed by atoms with Gasteiger partial charge in [-0.15, -0.1) is 0 Å². The first-order valence-corrected chi connectivity index (χ1v) is 14.7. The summed E-state index contributed by atoms with van der Waals surface area (Å²) in [6, 6.07) is 35.4. The highest BCUT2D eigenvalue weighted by atomic mass is 19.1. The van der Waals surface area contributed by atoms with Crippen molar-refractivity contribution in [2.24, 2.45) is 0 Å². The molecule has 8 heteroatoms. The van der Waals surface area contributed by atoms with Crippen LogP contribution in [0.2, 0.25) is 0 Å². The molecule has 1 heterocycles. The van der Waals surface area contributed by atoms with Crippen molar-refractivity contribution in [2.75, 3.05) is 5.32 Å². The summed E-state index contributed by atoms with van der Waals surface area (Å²) in [5.41, 5.74) is 7.05. The topological polar surface area (TPSA) is 107 Å². The van der Waals surface area contributed by atoms with Crippen molar-refractivity contribution in [3.63, 3.8) is 0 Å². The van der Waals surface area contributed by atoms with Gasteiger partial charge >= 0.3 is 5.97 Å². The molecular formula is C38H29FN4O3. The van der Waals surface area contributed by atoms with Gasteiger partial charge in [-0.25, -0.2) is 9.18 Å². The molecule has 6 rings (SSSR count). The third kappa shape index (κ3) is 6.35. The summed E-state index contributed by atoms with van der Waals surface area (Å²) in [7, 11) is 0. The van der Waals surface area contributed by atoms with Crippen LogP contribution in [-0.4, -0.2) is 21.6 Å². The van der Waals surface area contributed by atoms with Gasteiger partial charge in [-0.2, -0.15) is 5.26 Å². The standard InChI is InChI=1S/C38H29FN4O3/c1-24(27-8-10-29(11-9-27)38(45)46)41-37(44)34-16-17-35(42-32-7-3-4-25(21-32)22-40)33-18-19-43(36(33)34)23-26-5-2-6-30(20-26)28-12-14-31(39)15-13-28/h2-21,24,42H,23H2,1H3,(H,41,44)(H,45,46)/t24-/m0/s1. The van der Waals surface area contributed by atoms with Crippen LogP contribution in [0.3, 0.4) is 0 Å². The number of aromatic carboxylic acids is 1. The van der Waals surface area contributed by atoms with Gasteiger partial charge in [0.15, 0.2) is 0 Å². The highest BCUT2D eigenvalue weighted by Gasteiger charge is 2.19. The Labute approximate surface area is 265 Å². The van der Waals surface area contributed by atoms with Crippen molar-refractivity contribution in [3.05, 3.63) is 155 Å². The maximum Gasteiger partial charge on any atom is 0.335 e. The Balaban J connectivity index is 1.36. The number of amides is 1. The molecule has 1 amide bonds. The molecular weight excluding hydrogens is 579 g/mol. The van der Waals surface area contributed by atoms with Crippen molar-refractivity contribution >= 4 is 34.2 Å². The Morgan fingerprint density at radius 1 is 0.891 bits per heavy atom. The van der Waals surface area contributed by atoms with E-state index in [1.807, 2.05) is 60.2 Å². The summed E-state index contributed by atoms with van der Waals surface area (Å²) in [4.78, 5) is 25.1. The number of nitriles is 1. The minimum absolute atomic E-state index is 0.175. The molecule has 0 aliphatic rings. The molecule has 1 aromatic heterocycles. The summed E-state index contributed by atoms with van der Waals surface area (Å²) in [5, 5.41) is 25.9. The number of hydrogen-bond donors (Lipinski definition) is 3. The molecule has 0 spiro atoms. The Hall–Kier alpha value is -6.20. The van der Waals surface area contributed by atoms with E-state index >= 15 is 0 Å². The zero-order chi connectivity index (χ0) is 32.2. The first-order chi connectivity index (χ1) is 22.3. The second-order valence-corrected chi connectivity index (χ2v) is 11.0. The van der Waals surface area contributed by atoms with E-state index in [1.165, 1.54) is 24.3 Å². The fourth-order valence-electron chi connectivity index (χ4n) is 5.53. The fraction of sp³-hybridized carbons (Fsp3) is 0.0789. The number of carboxylic acid groups (broad SMARTS) is 1. The lowest BCUT2D eigenvalue weighted by Crippen LogP contribution is -2.27. The van der Waals surface area contributed by atoms with Gasteiger partial charge in [0.1, 0.15) is 5.82 Å². The van der Waals surface area contributed by atoms with E-state index in [-0.39, 0.29) is 23.3 Å². The van der Waals surface area contributed by atoms with E-state index in [2.05, 4.69) is 22.8 Å². The number of fused-ring (bicyclic) bond motifs is 1. The Morgan fingerprint density at radius 3 is 2.39 bits per heavy atom. The number of carbonyl (C=O) groups excluding carboxylic acids is 1. The van der Waals surface area contributed by atoms with E-state index in [0.29, 0.717) is 17.7 Å². The monoisotopic (exact) mass is 608 g/mol. The van der Waals surface area contributed by atoms with Gasteiger partial charge in [-0.05, 0) is 95.9 Å². The molecule has 0 unspecified atom stereocenters. The van der Waals surface area contributed by atoms with Crippen LogP contribution in [0.5, 0.6) is 0 Å². The second kappa shape index (κ2) is 12.8. The van der Waals surface area contributed by atoms with E-state index in [0.717, 1.165) is 44.5 Å². The third-order valence-corrected chi connectivity index (χ3v) is 7.90. The van der Waals surface area contributed by atoms with Crippen molar-refractivity contribution < 1.29 is 19.1 Å². The van der Waals surface area contributed by atoms with Crippen LogP contribution in [0.1, 0.15) is 50.4 Å². The molecule has 5 aromatic carbocycles. The van der Waals surface area contributed by atoms with Crippen LogP contribution in [-0.2, 0) is 6.54 Å². The quantitative estimate of drug-likeness (QED) is 0.153. The van der Waals surface area contributed by atoms with E-state index < -0.39 is 5.97 Å². The van der Waals surface area contributed by atoms with Gasteiger partial charge in [0.25, 0.3) is 5.91 Å². The number of rotatable bonds is 9. The Kier molecular flexibility index (Phi) is 8.31. The SMILES string of the molecule is C[C@H](NC(=O)c1ccc(Nc2cccc(C#N)c2)c2ccn(Cc3cccc(-c4ccc(F)cc4)c3)c12)c1ccc(C(=O)O)cc1. The van der Waals surface area contributed by atoms with Gasteiger partial charge in [-0.3, -0.25) is 4.79 Å². The number of hydrogen-bond acceptors (Lipinski definition) is 4. The molecule has 46 heavy (non-hydrogen) atoms. The van der Waals surface area contributed by atoms with E-state index in [9.17, 15) is 24.3 Å². The predicted molar refractivity (Wildman–Crippen MR) is 177 cm³/mol. The molecule has 1 atom stereocenters. The van der Waals surface area contributed by atoms with Crippen LogP contribution in [0, 0.1) is 17.1 Å². The van der Waals surface area contributed by atoms with E-state index in [4.69, 9.17) is 0 Å². The van der Waals surface area contributed by atoms with Crippen molar-refractivity contribution in [3.8, 4) is 17.2 Å². The number of benzene rings is 5. The summed E-state index contributed by atoms with van der Waals surface area (Å²) >= 11 is 0. The smallest absolute Gasteiger partial charge is 0.335 e. The van der Waals surface area contributed by atoms with Gasteiger partial charge in [-0.1, -0.05) is 48.5 Å². The maximum absolute atomic E-state index is 13.8. The van der Waals surface area contributed by atoms with Crippen molar-refractivity contribution in [1.82, 2.24) is 9.88 Å². The van der Waals surface area contributed by atoms with Gasteiger partial charge in [0.2, 0.25) is 0 Å². The summed E-state index contributed by atoms with van der Waals surface area (Å²) < 4.78 is 15.6. The summed E-state index contributed by atoms with van der Waals surface area (Å²) in [6.07, 6.45) is 1.94. The average Bonchev–Trinajstić information content (AvgIpc) is 3.49. The predicted octanol–water partition coefficient (Wildman–Crippen LogP) is 8.30. The zero-order valence-corrected chi connectivity index (χ0v) is 24.9. The Morgan fingerprint density at radius 2 is 1.65 bits per heavy atom. The van der Waals surface area contributed by atoms with Crippen LogP contribution < -0.4 is 10.6 Å². The van der Waals surface area contributed by atoms with Crippen LogP contribution in [0.15, 0.2) is 121 Å². The number of nitrogens with zero attached hydrogens (tertiary/aromatic N) is 2. The first-order valence-electron chi connectivity index (χ1n) is 14.7. The lowest BCUT2D eigenvalue weighted by atomic mass is 10.0. The third-order valence-electron chi connectivity index (χ3n) is 7.90. The normalized spacial score (nSPS) is 11.5. The lowest BCUT2D eigenvalue weighted by Gasteiger charge is -2.18. The largest absolute Gasteiger partial charge is 0.478 e. The van der Waals surface area contributed by atoms with Crippen LogP contribution >= 0.6 is 0 Å². The number of carboxylic acids is 1. The molecule has 0 aliphatic carbocycles. The Bertz CT molecular complexity index is 2110. The zero-order valence-electron chi connectivity index (χ0n) is 24.9. The number of anilines is 2. The fourth-order valence-corrected chi connectivity index (χ4v) is 5.53. The van der Waals surface area contributed by atoms with Crippen LogP contribution in [0.25, 0.3) is 22.0 Å². The second-order valence-electron chi connectivity index (χ2n) is 11.0. The highest BCUT2D eigenvalue weighted by molar-refractivity contribution is 6.10. The first kappa shape index (κ1) is 29.9. The molecule has 0 fully saturated rings. The molecule has 0 saturated carbocycles. The molecule has 0 radical (unpaired) electrons. The van der Waals surface area contributed by atoms with Gasteiger partial charge < -0.3 is 20.3 Å². The highest BCUT2D eigenvalue weighted by Crippen LogP contribution is 2.32. The lowest BCUT2D eigenvalue weighted by molar-refractivity contribution is 0.0696. The average molecular weight is 609 g/mol. The van der Waals surface area contributed by atoms with E-state index in [1.54, 1.807) is 42.5 Å². The maximum atomic E-state index is 13.8. The van der Waals surface area contributed by atoms with Crippen LogP contribution in [0.4, 0.5) is 15.8 Å². The number of nitrogens with one attached hydrogen (secondary N) is 2. The van der Waals surface area contributed by atoms with Gasteiger partial charge in [0.05, 0.1) is 34.3 Å². The number of carbonyl (C=O) groups is 2. The number of halogens is 1. The minimum atomic E-state index is -1.01. The molecule has 3 N–H and O–H groups in total.